The molecule has 5 aromatic rings. The number of hydrogen-bond donors (Lipinski definition) is 5. The number of hydrazone groups is 1. The number of nitrogens with one attached hydrogen (secondary N) is 2. The van der Waals surface area contributed by atoms with Crippen molar-refractivity contribution in [2.24, 2.45) is 16.7 Å². The molecule has 0 aliphatic heterocycles. The number of carboxylic acids is 1. The van der Waals surface area contributed by atoms with Gasteiger partial charge in [0.05, 0.1) is 23.1 Å². The molecule has 0 unspecified atom stereocenters. The summed E-state index contributed by atoms with van der Waals surface area (Å²) >= 11 is 0. The topological polar surface area (TPSA) is 152 Å². The zero-order chi connectivity index (χ0) is 25.9. The Balaban J connectivity index is 1.55. The molecule has 9 nitrogen and oxygen atoms in total. The Hall–Kier alpha value is -5.15. The number of nitrogens with zero attached hydrogens (tertiary/aromatic N) is 2. The number of aromatic carboxylic acids is 1. The van der Waals surface area contributed by atoms with Crippen molar-refractivity contribution in [2.45, 2.75) is 6.54 Å². The SMILES string of the molecule is NN/N=C(\N)c1ccc(-c2ccccc2)cc1-c1ccc(Cn2c(=O)[nH]c3cccc(C(=O)O)c32)cc1. The van der Waals surface area contributed by atoms with Gasteiger partial charge >= 0.3 is 11.7 Å². The predicted molar refractivity (Wildman–Crippen MR) is 144 cm³/mol. The second-order valence-corrected chi connectivity index (χ2v) is 8.47. The maximum atomic E-state index is 12.6. The van der Waals surface area contributed by atoms with Crippen molar-refractivity contribution < 1.29 is 9.90 Å². The summed E-state index contributed by atoms with van der Waals surface area (Å²) in [7, 11) is 0. The first kappa shape index (κ1) is 23.6. The van der Waals surface area contributed by atoms with Crippen LogP contribution in [0.15, 0.2) is 101 Å². The zero-order valence-electron chi connectivity index (χ0n) is 19.7. The highest BCUT2D eigenvalue weighted by Crippen LogP contribution is 2.30. The van der Waals surface area contributed by atoms with Crippen molar-refractivity contribution in [1.29, 1.82) is 0 Å². The fraction of sp³-hybridized carbons (Fsp3) is 0.0357. The van der Waals surface area contributed by atoms with Crippen LogP contribution < -0.4 is 22.8 Å². The zero-order valence-corrected chi connectivity index (χ0v) is 19.7. The van der Waals surface area contributed by atoms with Gasteiger partial charge in [0.1, 0.15) is 0 Å². The third-order valence-electron chi connectivity index (χ3n) is 6.22. The van der Waals surface area contributed by atoms with Crippen LogP contribution in [-0.4, -0.2) is 26.5 Å². The number of hydrazine groups is 1. The molecule has 0 radical (unpaired) electrons. The molecular formula is C28H24N6O3. The number of nitrogens with two attached hydrogens (primary N) is 2. The van der Waals surface area contributed by atoms with Crippen LogP contribution in [-0.2, 0) is 6.54 Å². The number of benzene rings is 4. The second-order valence-electron chi connectivity index (χ2n) is 8.47. The normalized spacial score (nSPS) is 11.5. The highest BCUT2D eigenvalue weighted by atomic mass is 16.4. The molecule has 0 atom stereocenters. The highest BCUT2D eigenvalue weighted by molar-refractivity contribution is 6.04. The van der Waals surface area contributed by atoms with E-state index in [1.165, 1.54) is 10.6 Å². The number of H-pyrrole nitrogens is 1. The van der Waals surface area contributed by atoms with E-state index in [0.717, 1.165) is 27.8 Å². The Morgan fingerprint density at radius 3 is 2.32 bits per heavy atom. The number of aromatic nitrogens is 2. The van der Waals surface area contributed by atoms with E-state index in [2.05, 4.69) is 15.6 Å². The smallest absolute Gasteiger partial charge is 0.337 e. The van der Waals surface area contributed by atoms with E-state index in [-0.39, 0.29) is 23.6 Å². The summed E-state index contributed by atoms with van der Waals surface area (Å²) in [5.41, 5.74) is 14.3. The number of imidazole rings is 1. The van der Waals surface area contributed by atoms with Gasteiger partial charge in [-0.25, -0.2) is 21.0 Å². The number of fused-ring (bicyclic) bond motifs is 1. The van der Waals surface area contributed by atoms with Crippen LogP contribution in [0.4, 0.5) is 0 Å². The Morgan fingerprint density at radius 1 is 0.892 bits per heavy atom. The Labute approximate surface area is 211 Å². The number of para-hydroxylation sites is 1. The molecular weight excluding hydrogens is 468 g/mol. The first-order valence-corrected chi connectivity index (χ1v) is 11.5. The summed E-state index contributed by atoms with van der Waals surface area (Å²) < 4.78 is 1.44. The molecule has 0 aliphatic rings. The summed E-state index contributed by atoms with van der Waals surface area (Å²) in [5, 5.41) is 13.5. The van der Waals surface area contributed by atoms with Crippen molar-refractivity contribution in [3.05, 3.63) is 118 Å². The predicted octanol–water partition coefficient (Wildman–Crippen LogP) is 3.49. The van der Waals surface area contributed by atoms with Gasteiger partial charge in [-0.1, -0.05) is 66.7 Å². The minimum atomic E-state index is -1.09. The molecule has 0 saturated heterocycles. The first-order valence-electron chi connectivity index (χ1n) is 11.5. The van der Waals surface area contributed by atoms with Crippen molar-refractivity contribution in [3.8, 4) is 22.3 Å². The lowest BCUT2D eigenvalue weighted by Gasteiger charge is -2.13. The van der Waals surface area contributed by atoms with Gasteiger partial charge < -0.3 is 15.8 Å². The van der Waals surface area contributed by atoms with Gasteiger partial charge in [0.25, 0.3) is 0 Å². The number of aromatic amines is 1. The molecule has 184 valence electrons. The van der Waals surface area contributed by atoms with Crippen LogP contribution in [0.25, 0.3) is 33.3 Å². The molecule has 1 heterocycles. The maximum absolute atomic E-state index is 12.6. The van der Waals surface area contributed by atoms with E-state index < -0.39 is 5.97 Å². The molecule has 0 amide bonds. The Morgan fingerprint density at radius 2 is 1.62 bits per heavy atom. The summed E-state index contributed by atoms with van der Waals surface area (Å²) in [5.74, 6) is 4.51. The standard InChI is InChI=1S/C28H24N6O3/c29-26(32-33-30)21-14-13-20(18-5-2-1-3-6-18)15-23(21)19-11-9-17(10-12-19)16-34-25-22(27(35)36)7-4-8-24(25)31-28(34)37/h1-15,33H,16,30H2,(H2,29,32)(H,31,37)(H,35,36). The number of carbonyl (C=O) groups is 1. The molecule has 4 aromatic carbocycles. The average Bonchev–Trinajstić information content (AvgIpc) is 3.24. The minimum Gasteiger partial charge on any atom is -0.478 e. The Bertz CT molecular complexity index is 1690. The molecule has 9 heteroatoms. The molecule has 0 fully saturated rings. The minimum absolute atomic E-state index is 0.0677. The first-order chi connectivity index (χ1) is 18.0. The van der Waals surface area contributed by atoms with Gasteiger partial charge in [-0.15, -0.1) is 5.10 Å². The third kappa shape index (κ3) is 4.58. The second kappa shape index (κ2) is 9.84. The van der Waals surface area contributed by atoms with Gasteiger partial charge in [-0.3, -0.25) is 4.57 Å². The van der Waals surface area contributed by atoms with Gasteiger partial charge in [-0.2, -0.15) is 0 Å². The van der Waals surface area contributed by atoms with Crippen LogP contribution in [0.2, 0.25) is 0 Å². The van der Waals surface area contributed by atoms with Crippen LogP contribution in [0.5, 0.6) is 0 Å². The summed E-state index contributed by atoms with van der Waals surface area (Å²) in [6.07, 6.45) is 0. The van der Waals surface area contributed by atoms with E-state index in [9.17, 15) is 14.7 Å². The number of hydrogen-bond acceptors (Lipinski definition) is 5. The van der Waals surface area contributed by atoms with E-state index in [0.29, 0.717) is 16.6 Å². The van der Waals surface area contributed by atoms with Crippen LogP contribution in [0.3, 0.4) is 0 Å². The molecule has 1 aromatic heterocycles. The molecule has 37 heavy (non-hydrogen) atoms. The summed E-state index contributed by atoms with van der Waals surface area (Å²) in [6, 6.07) is 28.4. The molecule has 0 aliphatic carbocycles. The number of amidine groups is 1. The lowest BCUT2D eigenvalue weighted by Crippen LogP contribution is -2.23. The van der Waals surface area contributed by atoms with Crippen molar-refractivity contribution >= 4 is 22.8 Å². The highest BCUT2D eigenvalue weighted by Gasteiger charge is 2.16. The molecule has 0 spiro atoms. The molecule has 0 bridgehead atoms. The van der Waals surface area contributed by atoms with E-state index in [1.54, 1.807) is 12.1 Å². The van der Waals surface area contributed by atoms with Gasteiger partial charge in [-0.05, 0) is 52.1 Å². The van der Waals surface area contributed by atoms with Crippen LogP contribution >= 0.6 is 0 Å². The Kier molecular flexibility index (Phi) is 6.27. The van der Waals surface area contributed by atoms with Crippen molar-refractivity contribution in [2.75, 3.05) is 0 Å². The van der Waals surface area contributed by atoms with Crippen molar-refractivity contribution in [3.63, 3.8) is 0 Å². The lowest BCUT2D eigenvalue weighted by molar-refractivity contribution is 0.0698. The molecule has 0 saturated carbocycles. The fourth-order valence-electron chi connectivity index (χ4n) is 4.46. The monoisotopic (exact) mass is 492 g/mol. The fourth-order valence-corrected chi connectivity index (χ4v) is 4.46. The quantitative estimate of drug-likeness (QED) is 0.102. The number of rotatable bonds is 7. The average molecular weight is 493 g/mol. The molecule has 7 N–H and O–H groups in total. The molecule has 5 rings (SSSR count). The van der Waals surface area contributed by atoms with E-state index in [4.69, 9.17) is 11.6 Å². The van der Waals surface area contributed by atoms with Gasteiger partial charge in [0, 0.05) is 5.56 Å². The van der Waals surface area contributed by atoms with E-state index >= 15 is 0 Å². The van der Waals surface area contributed by atoms with Crippen LogP contribution in [0, 0.1) is 0 Å². The van der Waals surface area contributed by atoms with Gasteiger partial charge in [0.15, 0.2) is 5.84 Å². The summed E-state index contributed by atoms with van der Waals surface area (Å²) in [6.45, 7) is 0.209. The van der Waals surface area contributed by atoms with E-state index in [1.807, 2.05) is 72.8 Å². The maximum Gasteiger partial charge on any atom is 0.337 e. The lowest BCUT2D eigenvalue weighted by atomic mass is 9.93. The van der Waals surface area contributed by atoms with Crippen LogP contribution in [0.1, 0.15) is 21.5 Å². The number of carboxylic acid groups (broad SMARTS) is 1. The largest absolute Gasteiger partial charge is 0.478 e. The van der Waals surface area contributed by atoms with Crippen molar-refractivity contribution in [1.82, 2.24) is 15.1 Å². The van der Waals surface area contributed by atoms with Gasteiger partial charge in [0.2, 0.25) is 0 Å². The third-order valence-corrected chi connectivity index (χ3v) is 6.22. The summed E-state index contributed by atoms with van der Waals surface area (Å²) in [4.78, 5) is 27.1.